The molecule has 21 heavy (non-hydrogen) atoms. The molecule has 0 radical (unpaired) electrons. The fraction of sp³-hybridized carbons (Fsp3) is 0.588. The van der Waals surface area contributed by atoms with Crippen LogP contribution in [0.25, 0.3) is 0 Å². The molecule has 0 spiro atoms. The molecule has 3 atom stereocenters. The summed E-state index contributed by atoms with van der Waals surface area (Å²) in [7, 11) is 0. The van der Waals surface area contributed by atoms with E-state index in [-0.39, 0.29) is 12.1 Å². The summed E-state index contributed by atoms with van der Waals surface area (Å²) in [6.07, 6.45) is 5.42. The Hall–Kier alpha value is -1.55. The second kappa shape index (κ2) is 7.46. The summed E-state index contributed by atoms with van der Waals surface area (Å²) in [6.45, 7) is 3.93. The normalized spacial score (nSPS) is 24.0. The van der Waals surface area contributed by atoms with Crippen molar-refractivity contribution in [3.63, 3.8) is 0 Å². The van der Waals surface area contributed by atoms with E-state index in [4.69, 9.17) is 0 Å². The Kier molecular flexibility index (Phi) is 5.62. The molecule has 0 heterocycles. The van der Waals surface area contributed by atoms with E-state index < -0.39 is 6.10 Å². The zero-order valence-corrected chi connectivity index (χ0v) is 12.9. The number of urea groups is 1. The summed E-state index contributed by atoms with van der Waals surface area (Å²) < 4.78 is 0. The highest BCUT2D eigenvalue weighted by Crippen LogP contribution is 2.23. The van der Waals surface area contributed by atoms with Crippen LogP contribution in [-0.4, -0.2) is 17.2 Å². The number of aliphatic hydroxyl groups excluding tert-OH is 1. The number of anilines is 1. The highest BCUT2D eigenvalue weighted by Gasteiger charge is 2.21. The van der Waals surface area contributed by atoms with E-state index >= 15 is 0 Å². The van der Waals surface area contributed by atoms with Gasteiger partial charge in [0, 0.05) is 11.7 Å². The van der Waals surface area contributed by atoms with Crippen LogP contribution in [0.15, 0.2) is 24.3 Å². The van der Waals surface area contributed by atoms with E-state index in [1.165, 1.54) is 25.7 Å². The van der Waals surface area contributed by atoms with E-state index in [1.54, 1.807) is 13.0 Å². The van der Waals surface area contributed by atoms with Crippen LogP contribution in [0.5, 0.6) is 0 Å². The lowest BCUT2D eigenvalue weighted by atomic mass is 9.97. The maximum absolute atomic E-state index is 12.1. The predicted molar refractivity (Wildman–Crippen MR) is 85.3 cm³/mol. The third kappa shape index (κ3) is 4.74. The third-order valence-corrected chi connectivity index (χ3v) is 4.30. The van der Waals surface area contributed by atoms with Gasteiger partial charge in [-0.1, -0.05) is 38.3 Å². The van der Waals surface area contributed by atoms with Crippen LogP contribution in [0.1, 0.15) is 57.6 Å². The van der Waals surface area contributed by atoms with Gasteiger partial charge in [-0.3, -0.25) is 0 Å². The first-order chi connectivity index (χ1) is 10.1. The predicted octanol–water partition coefficient (Wildman–Crippen LogP) is 3.83. The molecule has 0 aliphatic heterocycles. The fourth-order valence-corrected chi connectivity index (χ4v) is 2.92. The van der Waals surface area contributed by atoms with Gasteiger partial charge in [0.25, 0.3) is 0 Å². The van der Waals surface area contributed by atoms with Crippen LogP contribution >= 0.6 is 0 Å². The quantitative estimate of drug-likeness (QED) is 0.741. The number of aliphatic hydroxyl groups is 1. The number of nitrogens with one attached hydrogen (secondary N) is 2. The van der Waals surface area contributed by atoms with Gasteiger partial charge in [-0.05, 0) is 43.4 Å². The van der Waals surface area contributed by atoms with Crippen molar-refractivity contribution in [2.24, 2.45) is 5.92 Å². The summed E-state index contributed by atoms with van der Waals surface area (Å²) in [5, 5.41) is 15.5. The van der Waals surface area contributed by atoms with Crippen molar-refractivity contribution in [3.8, 4) is 0 Å². The highest BCUT2D eigenvalue weighted by atomic mass is 16.3. The molecular formula is C17H26N2O2. The summed E-state index contributed by atoms with van der Waals surface area (Å²) in [4.78, 5) is 12.1. The Morgan fingerprint density at radius 3 is 2.81 bits per heavy atom. The summed E-state index contributed by atoms with van der Waals surface area (Å²) in [5.41, 5.74) is 1.52. The molecule has 116 valence electrons. The Morgan fingerprint density at radius 2 is 2.05 bits per heavy atom. The molecule has 2 amide bonds. The summed E-state index contributed by atoms with van der Waals surface area (Å²) >= 11 is 0. The maximum Gasteiger partial charge on any atom is 0.319 e. The van der Waals surface area contributed by atoms with Gasteiger partial charge in [-0.25, -0.2) is 4.79 Å². The van der Waals surface area contributed by atoms with E-state index in [0.717, 1.165) is 12.0 Å². The van der Waals surface area contributed by atoms with Crippen molar-refractivity contribution in [1.82, 2.24) is 5.32 Å². The molecule has 1 aromatic rings. The SMILES string of the molecule is CC(O)c1cccc(NC(=O)NC2CCCCCC2C)c1. The number of hydrogen-bond donors (Lipinski definition) is 3. The fourth-order valence-electron chi connectivity index (χ4n) is 2.92. The zero-order valence-electron chi connectivity index (χ0n) is 12.9. The van der Waals surface area contributed by atoms with E-state index in [9.17, 15) is 9.90 Å². The third-order valence-electron chi connectivity index (χ3n) is 4.30. The first kappa shape index (κ1) is 15.8. The largest absolute Gasteiger partial charge is 0.389 e. The lowest BCUT2D eigenvalue weighted by molar-refractivity contribution is 0.199. The number of amides is 2. The molecule has 0 saturated heterocycles. The summed E-state index contributed by atoms with van der Waals surface area (Å²) in [5.74, 6) is 0.530. The molecule has 1 aromatic carbocycles. The number of rotatable bonds is 3. The molecule has 1 aliphatic carbocycles. The average molecular weight is 290 g/mol. The molecule has 1 fully saturated rings. The van der Waals surface area contributed by atoms with Crippen LogP contribution in [0.3, 0.4) is 0 Å². The standard InChI is InChI=1S/C17H26N2O2/c1-12-7-4-3-5-10-16(12)19-17(21)18-15-9-6-8-14(11-15)13(2)20/h6,8-9,11-13,16,20H,3-5,7,10H2,1-2H3,(H2,18,19,21). The molecule has 0 aromatic heterocycles. The molecule has 4 nitrogen and oxygen atoms in total. The molecule has 2 rings (SSSR count). The van der Waals surface area contributed by atoms with E-state index in [1.807, 2.05) is 18.2 Å². The van der Waals surface area contributed by atoms with Crippen LogP contribution < -0.4 is 10.6 Å². The lowest BCUT2D eigenvalue weighted by Gasteiger charge is -2.23. The molecule has 0 bridgehead atoms. The van der Waals surface area contributed by atoms with Gasteiger partial charge in [-0.15, -0.1) is 0 Å². The van der Waals surface area contributed by atoms with Crippen molar-refractivity contribution in [1.29, 1.82) is 0 Å². The Morgan fingerprint density at radius 1 is 1.29 bits per heavy atom. The van der Waals surface area contributed by atoms with Crippen molar-refractivity contribution in [2.75, 3.05) is 5.32 Å². The van der Waals surface area contributed by atoms with Crippen LogP contribution in [0.2, 0.25) is 0 Å². The topological polar surface area (TPSA) is 61.4 Å². The van der Waals surface area contributed by atoms with Gasteiger partial charge in [0.2, 0.25) is 0 Å². The minimum absolute atomic E-state index is 0.156. The van der Waals surface area contributed by atoms with Gasteiger partial charge < -0.3 is 15.7 Å². The first-order valence-corrected chi connectivity index (χ1v) is 7.92. The molecule has 4 heteroatoms. The lowest BCUT2D eigenvalue weighted by Crippen LogP contribution is -2.41. The van der Waals surface area contributed by atoms with E-state index in [0.29, 0.717) is 11.6 Å². The monoisotopic (exact) mass is 290 g/mol. The molecular weight excluding hydrogens is 264 g/mol. The Bertz CT molecular complexity index is 474. The maximum atomic E-state index is 12.1. The average Bonchev–Trinajstić information content (AvgIpc) is 2.64. The Balaban J connectivity index is 1.93. The van der Waals surface area contributed by atoms with Crippen LogP contribution in [0.4, 0.5) is 10.5 Å². The first-order valence-electron chi connectivity index (χ1n) is 7.92. The molecule has 1 aliphatic rings. The highest BCUT2D eigenvalue weighted by molar-refractivity contribution is 5.89. The molecule has 3 unspecified atom stereocenters. The Labute approximate surface area is 126 Å². The second-order valence-corrected chi connectivity index (χ2v) is 6.12. The zero-order chi connectivity index (χ0) is 15.2. The van der Waals surface area contributed by atoms with Crippen LogP contribution in [-0.2, 0) is 0 Å². The van der Waals surface area contributed by atoms with Gasteiger partial charge >= 0.3 is 6.03 Å². The van der Waals surface area contributed by atoms with Crippen LogP contribution in [0, 0.1) is 5.92 Å². The molecule has 3 N–H and O–H groups in total. The van der Waals surface area contributed by atoms with Gasteiger partial charge in [0.1, 0.15) is 0 Å². The van der Waals surface area contributed by atoms with Crippen molar-refractivity contribution >= 4 is 11.7 Å². The van der Waals surface area contributed by atoms with Crippen molar-refractivity contribution < 1.29 is 9.90 Å². The van der Waals surface area contributed by atoms with E-state index in [2.05, 4.69) is 17.6 Å². The van der Waals surface area contributed by atoms with Gasteiger partial charge in [0.05, 0.1) is 6.10 Å². The van der Waals surface area contributed by atoms with Crippen molar-refractivity contribution in [2.45, 2.75) is 58.1 Å². The number of hydrogen-bond acceptors (Lipinski definition) is 2. The molecule has 1 saturated carbocycles. The minimum atomic E-state index is -0.531. The summed E-state index contributed by atoms with van der Waals surface area (Å²) in [6, 6.07) is 7.43. The van der Waals surface area contributed by atoms with Gasteiger partial charge in [0.15, 0.2) is 0 Å². The minimum Gasteiger partial charge on any atom is -0.389 e. The van der Waals surface area contributed by atoms with Crippen molar-refractivity contribution in [3.05, 3.63) is 29.8 Å². The number of carbonyl (C=O) groups excluding carboxylic acids is 1. The number of carbonyl (C=O) groups is 1. The smallest absolute Gasteiger partial charge is 0.319 e. The number of benzene rings is 1. The second-order valence-electron chi connectivity index (χ2n) is 6.12. The van der Waals surface area contributed by atoms with Gasteiger partial charge in [-0.2, -0.15) is 0 Å².